The molecule has 0 saturated heterocycles. The topological polar surface area (TPSA) is 44.0 Å². The van der Waals surface area contributed by atoms with E-state index in [1.54, 1.807) is 5.38 Å². The molecule has 1 aromatic heterocycles. The Balaban J connectivity index is 3.12. The average Bonchev–Trinajstić information content (AvgIpc) is 2.30. The molecule has 2 nitrogen and oxygen atoms in total. The van der Waals surface area contributed by atoms with Crippen LogP contribution in [0.5, 0.6) is 0 Å². The number of nitrogens with zero attached hydrogens (tertiary/aromatic N) is 1. The molecule has 0 bridgehead atoms. The molecule has 0 aliphatic heterocycles. The van der Waals surface area contributed by atoms with Crippen LogP contribution in [-0.4, -0.2) is 5.11 Å². The Kier molecular flexibility index (Phi) is 2.05. The minimum atomic E-state index is 0.0399. The van der Waals surface area contributed by atoms with Gasteiger partial charge in [0.1, 0.15) is 6.07 Å². The van der Waals surface area contributed by atoms with E-state index in [0.29, 0.717) is 5.56 Å². The number of hydrogen-bond acceptors (Lipinski definition) is 3. The molecule has 1 heterocycles. The van der Waals surface area contributed by atoms with Crippen molar-refractivity contribution >= 4 is 11.3 Å². The summed E-state index contributed by atoms with van der Waals surface area (Å²) in [7, 11) is 0. The molecule has 1 rings (SSSR count). The first-order chi connectivity index (χ1) is 4.79. The van der Waals surface area contributed by atoms with Crippen molar-refractivity contribution < 1.29 is 5.11 Å². The van der Waals surface area contributed by atoms with E-state index in [1.807, 2.05) is 13.0 Å². The summed E-state index contributed by atoms with van der Waals surface area (Å²) in [6, 6.07) is 2.05. The van der Waals surface area contributed by atoms with E-state index in [9.17, 15) is 0 Å². The van der Waals surface area contributed by atoms with Crippen LogP contribution >= 0.6 is 11.3 Å². The standard InChI is InChI=1S/C7H7NOS/c1-5-6(2-8)4-10-7(5)3-9/h4,9H,3H2,1H3. The average molecular weight is 153 g/mol. The van der Waals surface area contributed by atoms with Gasteiger partial charge in [0.15, 0.2) is 0 Å². The van der Waals surface area contributed by atoms with Crippen LogP contribution in [0.4, 0.5) is 0 Å². The first-order valence-electron chi connectivity index (χ1n) is 2.87. The molecule has 3 heteroatoms. The second kappa shape index (κ2) is 2.82. The van der Waals surface area contributed by atoms with Gasteiger partial charge in [-0.05, 0) is 12.5 Å². The highest BCUT2D eigenvalue weighted by Crippen LogP contribution is 2.20. The van der Waals surface area contributed by atoms with E-state index in [4.69, 9.17) is 10.4 Å². The highest BCUT2D eigenvalue weighted by Gasteiger charge is 2.04. The fraction of sp³-hybridized carbons (Fsp3) is 0.286. The van der Waals surface area contributed by atoms with Crippen molar-refractivity contribution in [3.8, 4) is 6.07 Å². The van der Waals surface area contributed by atoms with Crippen molar-refractivity contribution in [2.45, 2.75) is 13.5 Å². The maximum absolute atomic E-state index is 8.73. The summed E-state index contributed by atoms with van der Waals surface area (Å²) in [6.45, 7) is 1.89. The Hall–Kier alpha value is -0.850. The molecule has 52 valence electrons. The Morgan fingerprint density at radius 3 is 2.80 bits per heavy atom. The van der Waals surface area contributed by atoms with Gasteiger partial charge in [0.25, 0.3) is 0 Å². The monoisotopic (exact) mass is 153 g/mol. The van der Waals surface area contributed by atoms with E-state index in [0.717, 1.165) is 10.4 Å². The SMILES string of the molecule is Cc1c(C#N)csc1CO. The minimum absolute atomic E-state index is 0.0399. The number of nitriles is 1. The van der Waals surface area contributed by atoms with Crippen molar-refractivity contribution in [2.75, 3.05) is 0 Å². The Morgan fingerprint density at radius 2 is 2.50 bits per heavy atom. The first-order valence-corrected chi connectivity index (χ1v) is 3.75. The smallest absolute Gasteiger partial charge is 0.100 e. The van der Waals surface area contributed by atoms with Gasteiger partial charge < -0.3 is 5.11 Å². The van der Waals surface area contributed by atoms with Crippen LogP contribution in [0.1, 0.15) is 16.0 Å². The number of rotatable bonds is 1. The van der Waals surface area contributed by atoms with E-state index < -0.39 is 0 Å². The van der Waals surface area contributed by atoms with Gasteiger partial charge in [-0.3, -0.25) is 0 Å². The molecule has 0 aliphatic carbocycles. The number of aliphatic hydroxyl groups excluding tert-OH is 1. The van der Waals surface area contributed by atoms with Crippen LogP contribution in [0, 0.1) is 18.3 Å². The molecule has 1 N–H and O–H groups in total. The lowest BCUT2D eigenvalue weighted by Crippen LogP contribution is -1.81. The molecular formula is C7H7NOS. The highest BCUT2D eigenvalue weighted by atomic mass is 32.1. The highest BCUT2D eigenvalue weighted by molar-refractivity contribution is 7.10. The summed E-state index contributed by atoms with van der Waals surface area (Å²) in [5.41, 5.74) is 1.59. The predicted octanol–water partition coefficient (Wildman–Crippen LogP) is 1.42. The molecule has 0 atom stereocenters. The lowest BCUT2D eigenvalue weighted by Gasteiger charge is -1.89. The fourth-order valence-corrected chi connectivity index (χ4v) is 1.57. The maximum atomic E-state index is 8.73. The van der Waals surface area contributed by atoms with Gasteiger partial charge in [-0.15, -0.1) is 11.3 Å². The zero-order valence-electron chi connectivity index (χ0n) is 5.59. The summed E-state index contributed by atoms with van der Waals surface area (Å²) in [4.78, 5) is 0.886. The van der Waals surface area contributed by atoms with Crippen molar-refractivity contribution in [2.24, 2.45) is 0 Å². The van der Waals surface area contributed by atoms with Crippen LogP contribution < -0.4 is 0 Å². The van der Waals surface area contributed by atoms with Crippen LogP contribution in [0.2, 0.25) is 0 Å². The molecule has 10 heavy (non-hydrogen) atoms. The van der Waals surface area contributed by atoms with Crippen LogP contribution in [-0.2, 0) is 6.61 Å². The van der Waals surface area contributed by atoms with Crippen LogP contribution in [0.15, 0.2) is 5.38 Å². The molecule has 0 radical (unpaired) electrons. The summed E-state index contributed by atoms with van der Waals surface area (Å²) < 4.78 is 0. The molecule has 1 aromatic rings. The third-order valence-electron chi connectivity index (χ3n) is 1.41. The molecule has 0 fully saturated rings. The first kappa shape index (κ1) is 7.26. The second-order valence-electron chi connectivity index (χ2n) is 1.97. The van der Waals surface area contributed by atoms with Crippen molar-refractivity contribution in [3.05, 3.63) is 21.4 Å². The minimum Gasteiger partial charge on any atom is -0.391 e. The van der Waals surface area contributed by atoms with E-state index in [1.165, 1.54) is 11.3 Å². The molecule has 0 amide bonds. The van der Waals surface area contributed by atoms with Gasteiger partial charge in [0.2, 0.25) is 0 Å². The molecule has 0 aliphatic rings. The zero-order chi connectivity index (χ0) is 7.56. The quantitative estimate of drug-likeness (QED) is 0.663. The lowest BCUT2D eigenvalue weighted by molar-refractivity contribution is 0.285. The normalized spacial score (nSPS) is 9.30. The lowest BCUT2D eigenvalue weighted by atomic mass is 10.2. The second-order valence-corrected chi connectivity index (χ2v) is 2.93. The van der Waals surface area contributed by atoms with Gasteiger partial charge in [-0.2, -0.15) is 5.26 Å². The molecule has 0 aromatic carbocycles. The molecule has 0 saturated carbocycles. The predicted molar refractivity (Wildman–Crippen MR) is 39.7 cm³/mol. The van der Waals surface area contributed by atoms with Gasteiger partial charge in [-0.1, -0.05) is 0 Å². The Morgan fingerprint density at radius 1 is 1.80 bits per heavy atom. The number of aliphatic hydroxyl groups is 1. The van der Waals surface area contributed by atoms with E-state index >= 15 is 0 Å². The Labute approximate surface area is 63.4 Å². The van der Waals surface area contributed by atoms with E-state index in [-0.39, 0.29) is 6.61 Å². The van der Waals surface area contributed by atoms with Crippen molar-refractivity contribution in [3.63, 3.8) is 0 Å². The van der Waals surface area contributed by atoms with Crippen molar-refractivity contribution in [1.29, 1.82) is 5.26 Å². The van der Waals surface area contributed by atoms with Crippen LogP contribution in [0.25, 0.3) is 0 Å². The van der Waals surface area contributed by atoms with Crippen LogP contribution in [0.3, 0.4) is 0 Å². The number of hydrogen-bond donors (Lipinski definition) is 1. The molecule has 0 unspecified atom stereocenters. The van der Waals surface area contributed by atoms with Gasteiger partial charge in [0, 0.05) is 10.3 Å². The van der Waals surface area contributed by atoms with Crippen molar-refractivity contribution in [1.82, 2.24) is 0 Å². The molecule has 0 spiro atoms. The summed E-state index contributed by atoms with van der Waals surface area (Å²) in [6.07, 6.45) is 0. The van der Waals surface area contributed by atoms with Gasteiger partial charge >= 0.3 is 0 Å². The number of thiophene rings is 1. The summed E-state index contributed by atoms with van der Waals surface area (Å²) in [5.74, 6) is 0. The summed E-state index contributed by atoms with van der Waals surface area (Å²) >= 11 is 1.43. The van der Waals surface area contributed by atoms with Gasteiger partial charge in [-0.25, -0.2) is 0 Å². The maximum Gasteiger partial charge on any atom is 0.100 e. The van der Waals surface area contributed by atoms with E-state index in [2.05, 4.69) is 0 Å². The fourth-order valence-electron chi connectivity index (χ4n) is 0.723. The zero-order valence-corrected chi connectivity index (χ0v) is 6.40. The Bertz CT molecular complexity index is 272. The molecular weight excluding hydrogens is 146 g/mol. The largest absolute Gasteiger partial charge is 0.391 e. The third-order valence-corrected chi connectivity index (χ3v) is 2.48. The summed E-state index contributed by atoms with van der Waals surface area (Å²) in [5, 5.41) is 19.0. The third kappa shape index (κ3) is 1.04. The van der Waals surface area contributed by atoms with Gasteiger partial charge in [0.05, 0.1) is 12.2 Å².